The molecule has 2 N–H and O–H groups in total. The van der Waals surface area contributed by atoms with Crippen molar-refractivity contribution in [2.75, 3.05) is 26.7 Å². The highest BCUT2D eigenvalue weighted by Crippen LogP contribution is 1.87. The molecule has 1 rings (SSSR count). The predicted octanol–water partition coefficient (Wildman–Crippen LogP) is -0.189. The van der Waals surface area contributed by atoms with Crippen LogP contribution in [0.2, 0.25) is 0 Å². The molecule has 84 valence electrons. The molecule has 1 heterocycles. The van der Waals surface area contributed by atoms with Crippen molar-refractivity contribution in [3.63, 3.8) is 0 Å². The van der Waals surface area contributed by atoms with Gasteiger partial charge in [-0.05, 0) is 19.7 Å². The molecule has 0 saturated heterocycles. The van der Waals surface area contributed by atoms with Crippen LogP contribution in [0.1, 0.15) is 12.6 Å². The van der Waals surface area contributed by atoms with Gasteiger partial charge in [0.2, 0.25) is 0 Å². The zero-order valence-corrected chi connectivity index (χ0v) is 9.29. The van der Waals surface area contributed by atoms with Gasteiger partial charge < -0.3 is 10.2 Å². The first-order chi connectivity index (χ1) is 7.22. The van der Waals surface area contributed by atoms with Crippen LogP contribution in [0.4, 0.5) is 0 Å². The number of likely N-dealkylation sites (N-methyl/N-ethyl adjacent to an activating group) is 1. The second-order valence-corrected chi connectivity index (χ2v) is 3.49. The van der Waals surface area contributed by atoms with E-state index in [-0.39, 0.29) is 5.56 Å². The fourth-order valence-electron chi connectivity index (χ4n) is 1.12. The van der Waals surface area contributed by atoms with Crippen LogP contribution in [-0.2, 0) is 6.54 Å². The fraction of sp³-hybridized carbons (Fsp3) is 0.600. The van der Waals surface area contributed by atoms with Crippen LogP contribution in [0.25, 0.3) is 0 Å². The van der Waals surface area contributed by atoms with Gasteiger partial charge in [0.25, 0.3) is 5.56 Å². The Morgan fingerprint density at radius 3 is 2.93 bits per heavy atom. The van der Waals surface area contributed by atoms with Gasteiger partial charge in [-0.3, -0.25) is 4.79 Å². The van der Waals surface area contributed by atoms with Gasteiger partial charge in [0, 0.05) is 25.7 Å². The Kier molecular flexibility index (Phi) is 5.00. The van der Waals surface area contributed by atoms with Gasteiger partial charge in [-0.1, -0.05) is 6.92 Å². The summed E-state index contributed by atoms with van der Waals surface area (Å²) in [4.78, 5) is 13.0. The topological polar surface area (TPSA) is 61.0 Å². The molecule has 0 radical (unpaired) electrons. The van der Waals surface area contributed by atoms with Gasteiger partial charge in [0.05, 0.1) is 5.69 Å². The fourth-order valence-corrected chi connectivity index (χ4v) is 1.12. The van der Waals surface area contributed by atoms with E-state index in [9.17, 15) is 4.79 Å². The maximum Gasteiger partial charge on any atom is 0.264 e. The van der Waals surface area contributed by atoms with E-state index in [1.807, 2.05) is 0 Å². The van der Waals surface area contributed by atoms with Crippen molar-refractivity contribution < 1.29 is 0 Å². The number of nitrogens with zero attached hydrogens (tertiary/aromatic N) is 2. The third-order valence-corrected chi connectivity index (χ3v) is 2.25. The zero-order valence-electron chi connectivity index (χ0n) is 9.29. The minimum absolute atomic E-state index is 0.163. The summed E-state index contributed by atoms with van der Waals surface area (Å²) < 4.78 is 0. The highest BCUT2D eigenvalue weighted by atomic mass is 16.1. The average molecular weight is 210 g/mol. The van der Waals surface area contributed by atoms with Gasteiger partial charge in [0.1, 0.15) is 0 Å². The number of rotatable bonds is 6. The summed E-state index contributed by atoms with van der Waals surface area (Å²) in [5.41, 5.74) is 0.693. The molecule has 5 nitrogen and oxygen atoms in total. The summed E-state index contributed by atoms with van der Waals surface area (Å²) in [5, 5.41) is 9.57. The Bertz CT molecular complexity index is 316. The zero-order chi connectivity index (χ0) is 11.1. The van der Waals surface area contributed by atoms with Crippen LogP contribution in [-0.4, -0.2) is 41.8 Å². The first-order valence-corrected chi connectivity index (χ1v) is 5.16. The van der Waals surface area contributed by atoms with E-state index in [0.717, 1.165) is 25.3 Å². The van der Waals surface area contributed by atoms with Crippen molar-refractivity contribution in [1.82, 2.24) is 20.4 Å². The third kappa shape index (κ3) is 4.71. The molecular formula is C10H18N4O. The number of nitrogens with one attached hydrogen (secondary N) is 2. The Labute approximate surface area is 89.5 Å². The lowest BCUT2D eigenvalue weighted by molar-refractivity contribution is 0.348. The number of hydrogen-bond acceptors (Lipinski definition) is 4. The highest BCUT2D eigenvalue weighted by Gasteiger charge is 1.95. The van der Waals surface area contributed by atoms with Gasteiger partial charge in [-0.25, -0.2) is 5.10 Å². The third-order valence-electron chi connectivity index (χ3n) is 2.25. The predicted molar refractivity (Wildman–Crippen MR) is 59.7 cm³/mol. The lowest BCUT2D eigenvalue weighted by Gasteiger charge is -2.13. The summed E-state index contributed by atoms with van der Waals surface area (Å²) >= 11 is 0. The van der Waals surface area contributed by atoms with E-state index in [1.54, 1.807) is 6.07 Å². The Balaban J connectivity index is 2.20. The molecule has 1 aromatic rings. The number of aromatic nitrogens is 2. The van der Waals surface area contributed by atoms with Crippen LogP contribution in [0.15, 0.2) is 16.9 Å². The maximum absolute atomic E-state index is 10.7. The number of H-pyrrole nitrogens is 1. The molecule has 0 unspecified atom stereocenters. The van der Waals surface area contributed by atoms with Crippen molar-refractivity contribution in [3.8, 4) is 0 Å². The molecular weight excluding hydrogens is 192 g/mol. The molecule has 5 heteroatoms. The Hall–Kier alpha value is -1.20. The standard InChI is InChI=1S/C10H18N4O/c1-3-14(2)7-6-11-8-9-4-5-10(15)13-12-9/h4-5,11H,3,6-8H2,1-2H3,(H,13,15). The summed E-state index contributed by atoms with van der Waals surface area (Å²) in [5.74, 6) is 0. The molecule has 0 aliphatic rings. The van der Waals surface area contributed by atoms with Crippen molar-refractivity contribution in [2.45, 2.75) is 13.5 Å². The largest absolute Gasteiger partial charge is 0.310 e. The van der Waals surface area contributed by atoms with Gasteiger partial charge in [-0.15, -0.1) is 0 Å². The van der Waals surface area contributed by atoms with Crippen molar-refractivity contribution in [2.24, 2.45) is 0 Å². The van der Waals surface area contributed by atoms with E-state index in [4.69, 9.17) is 0 Å². The smallest absolute Gasteiger partial charge is 0.264 e. The van der Waals surface area contributed by atoms with Gasteiger partial charge in [-0.2, -0.15) is 5.10 Å². The molecule has 0 bridgehead atoms. The molecule has 0 aromatic carbocycles. The molecule has 0 atom stereocenters. The quantitative estimate of drug-likeness (QED) is 0.639. The molecule has 0 fully saturated rings. The average Bonchev–Trinajstić information content (AvgIpc) is 2.26. The summed E-state index contributed by atoms with van der Waals surface area (Å²) in [6.45, 7) is 5.81. The molecule has 0 spiro atoms. The molecule has 15 heavy (non-hydrogen) atoms. The van der Waals surface area contributed by atoms with Gasteiger partial charge in [0.15, 0.2) is 0 Å². The molecule has 0 amide bonds. The molecule has 0 aliphatic heterocycles. The van der Waals surface area contributed by atoms with E-state index in [2.05, 4.69) is 34.4 Å². The molecule has 0 saturated carbocycles. The molecule has 0 aliphatic carbocycles. The normalized spacial score (nSPS) is 10.9. The SMILES string of the molecule is CCN(C)CCNCc1ccc(=O)[nH]n1. The van der Waals surface area contributed by atoms with E-state index >= 15 is 0 Å². The van der Waals surface area contributed by atoms with Crippen LogP contribution in [0.5, 0.6) is 0 Å². The van der Waals surface area contributed by atoms with E-state index in [0.29, 0.717) is 6.54 Å². The Morgan fingerprint density at radius 1 is 1.53 bits per heavy atom. The second kappa shape index (κ2) is 6.31. The van der Waals surface area contributed by atoms with Crippen LogP contribution >= 0.6 is 0 Å². The summed E-state index contributed by atoms with van der Waals surface area (Å²) in [6, 6.07) is 3.22. The van der Waals surface area contributed by atoms with Crippen molar-refractivity contribution in [1.29, 1.82) is 0 Å². The van der Waals surface area contributed by atoms with Crippen LogP contribution in [0.3, 0.4) is 0 Å². The van der Waals surface area contributed by atoms with Crippen molar-refractivity contribution >= 4 is 0 Å². The molecule has 1 aromatic heterocycles. The summed E-state index contributed by atoms with van der Waals surface area (Å²) in [6.07, 6.45) is 0. The minimum atomic E-state index is -0.163. The van der Waals surface area contributed by atoms with Crippen LogP contribution in [0, 0.1) is 0 Å². The lowest BCUT2D eigenvalue weighted by Crippen LogP contribution is -2.29. The van der Waals surface area contributed by atoms with E-state index < -0.39 is 0 Å². The lowest BCUT2D eigenvalue weighted by atomic mass is 10.4. The monoisotopic (exact) mass is 210 g/mol. The van der Waals surface area contributed by atoms with Gasteiger partial charge >= 0.3 is 0 Å². The highest BCUT2D eigenvalue weighted by molar-refractivity contribution is 4.98. The maximum atomic E-state index is 10.7. The summed E-state index contributed by atoms with van der Waals surface area (Å²) in [7, 11) is 2.08. The second-order valence-electron chi connectivity index (χ2n) is 3.49. The Morgan fingerprint density at radius 2 is 2.33 bits per heavy atom. The first kappa shape index (κ1) is 11.9. The number of hydrogen-bond donors (Lipinski definition) is 2. The van der Waals surface area contributed by atoms with Crippen LogP contribution < -0.4 is 10.9 Å². The van der Waals surface area contributed by atoms with Crippen molar-refractivity contribution in [3.05, 3.63) is 28.2 Å². The number of aromatic amines is 1. The minimum Gasteiger partial charge on any atom is -0.310 e. The van der Waals surface area contributed by atoms with E-state index in [1.165, 1.54) is 6.07 Å². The first-order valence-electron chi connectivity index (χ1n) is 5.16.